The van der Waals surface area contributed by atoms with Gasteiger partial charge in [-0.3, -0.25) is 4.79 Å². The van der Waals surface area contributed by atoms with Crippen molar-refractivity contribution in [1.82, 2.24) is 10.3 Å². The minimum Gasteiger partial charge on any atom is -0.360 e. The van der Waals surface area contributed by atoms with Gasteiger partial charge < -0.3 is 10.3 Å². The standard InChI is InChI=1S/C18H18N2OS/c21-18(19-11-10-14-6-2-1-3-7-14)13-22-17-12-20-16-9-5-4-8-15(16)17/h1-9,12,20H,10-11,13H2,(H,19,21). The van der Waals surface area contributed by atoms with Gasteiger partial charge in [0.05, 0.1) is 5.75 Å². The van der Waals surface area contributed by atoms with E-state index in [4.69, 9.17) is 0 Å². The van der Waals surface area contributed by atoms with Gasteiger partial charge in [0.1, 0.15) is 0 Å². The molecule has 112 valence electrons. The predicted molar refractivity (Wildman–Crippen MR) is 92.2 cm³/mol. The fourth-order valence-corrected chi connectivity index (χ4v) is 3.21. The Kier molecular flexibility index (Phi) is 4.81. The second-order valence-corrected chi connectivity index (χ2v) is 6.09. The molecule has 22 heavy (non-hydrogen) atoms. The zero-order chi connectivity index (χ0) is 15.2. The minimum atomic E-state index is 0.0752. The van der Waals surface area contributed by atoms with E-state index in [-0.39, 0.29) is 5.91 Å². The van der Waals surface area contributed by atoms with Crippen LogP contribution in [0.25, 0.3) is 10.9 Å². The Labute approximate surface area is 134 Å². The van der Waals surface area contributed by atoms with E-state index in [1.165, 1.54) is 10.9 Å². The number of benzene rings is 2. The van der Waals surface area contributed by atoms with Crippen molar-refractivity contribution in [3.63, 3.8) is 0 Å². The molecule has 1 heterocycles. The van der Waals surface area contributed by atoms with E-state index >= 15 is 0 Å². The van der Waals surface area contributed by atoms with Crippen LogP contribution < -0.4 is 5.32 Å². The Morgan fingerprint density at radius 2 is 1.82 bits per heavy atom. The summed E-state index contributed by atoms with van der Waals surface area (Å²) in [5.41, 5.74) is 2.35. The number of hydrogen-bond donors (Lipinski definition) is 2. The molecule has 2 aromatic carbocycles. The highest BCUT2D eigenvalue weighted by Crippen LogP contribution is 2.27. The van der Waals surface area contributed by atoms with Crippen LogP contribution in [-0.2, 0) is 11.2 Å². The number of aromatic amines is 1. The minimum absolute atomic E-state index is 0.0752. The number of carbonyl (C=O) groups is 1. The third kappa shape index (κ3) is 3.71. The molecule has 0 bridgehead atoms. The van der Waals surface area contributed by atoms with E-state index in [1.54, 1.807) is 11.8 Å². The molecule has 1 amide bonds. The summed E-state index contributed by atoms with van der Waals surface area (Å²) in [5, 5.41) is 4.14. The summed E-state index contributed by atoms with van der Waals surface area (Å²) < 4.78 is 0. The Hall–Kier alpha value is -2.20. The molecule has 0 saturated heterocycles. The lowest BCUT2D eigenvalue weighted by molar-refractivity contribution is -0.118. The quantitative estimate of drug-likeness (QED) is 0.683. The molecule has 4 heteroatoms. The van der Waals surface area contributed by atoms with Crippen LogP contribution >= 0.6 is 11.8 Å². The molecule has 3 nitrogen and oxygen atoms in total. The average Bonchev–Trinajstić information content (AvgIpc) is 2.97. The highest BCUT2D eigenvalue weighted by Gasteiger charge is 2.06. The van der Waals surface area contributed by atoms with Gasteiger partial charge in [0.25, 0.3) is 0 Å². The van der Waals surface area contributed by atoms with Crippen molar-refractivity contribution in [3.8, 4) is 0 Å². The van der Waals surface area contributed by atoms with E-state index in [0.29, 0.717) is 12.3 Å². The van der Waals surface area contributed by atoms with Crippen LogP contribution in [-0.4, -0.2) is 23.2 Å². The predicted octanol–water partition coefficient (Wildman–Crippen LogP) is 3.62. The Morgan fingerprint density at radius 3 is 2.68 bits per heavy atom. The Balaban J connectivity index is 1.46. The number of fused-ring (bicyclic) bond motifs is 1. The summed E-state index contributed by atoms with van der Waals surface area (Å²) >= 11 is 1.57. The average molecular weight is 310 g/mol. The first kappa shape index (κ1) is 14.7. The van der Waals surface area contributed by atoms with Crippen LogP contribution in [0.4, 0.5) is 0 Å². The first-order valence-corrected chi connectivity index (χ1v) is 8.31. The lowest BCUT2D eigenvalue weighted by Gasteiger charge is -2.05. The summed E-state index contributed by atoms with van der Waals surface area (Å²) in [6, 6.07) is 18.3. The molecule has 0 aliphatic rings. The van der Waals surface area contributed by atoms with Gasteiger partial charge in [0.2, 0.25) is 5.91 Å². The van der Waals surface area contributed by atoms with Gasteiger partial charge in [-0.05, 0) is 18.1 Å². The number of hydrogen-bond acceptors (Lipinski definition) is 2. The van der Waals surface area contributed by atoms with E-state index in [2.05, 4.69) is 28.5 Å². The molecule has 0 aliphatic heterocycles. The van der Waals surface area contributed by atoms with E-state index in [9.17, 15) is 4.79 Å². The largest absolute Gasteiger partial charge is 0.360 e. The summed E-state index contributed by atoms with van der Waals surface area (Å²) in [6.45, 7) is 0.678. The van der Waals surface area contributed by atoms with Crippen LogP contribution in [0.15, 0.2) is 65.7 Å². The second-order valence-electron chi connectivity index (χ2n) is 5.07. The molecule has 0 radical (unpaired) electrons. The number of para-hydroxylation sites is 1. The molecule has 2 N–H and O–H groups in total. The van der Waals surface area contributed by atoms with Gasteiger partial charge in [-0.1, -0.05) is 48.5 Å². The number of amides is 1. The van der Waals surface area contributed by atoms with E-state index in [0.717, 1.165) is 16.8 Å². The summed E-state index contributed by atoms with van der Waals surface area (Å²) in [7, 11) is 0. The summed E-state index contributed by atoms with van der Waals surface area (Å²) in [6.07, 6.45) is 2.83. The van der Waals surface area contributed by atoms with Crippen molar-refractivity contribution in [2.75, 3.05) is 12.3 Å². The molecular weight excluding hydrogens is 292 g/mol. The normalized spacial score (nSPS) is 10.7. The fourth-order valence-electron chi connectivity index (χ4n) is 2.35. The van der Waals surface area contributed by atoms with Crippen molar-refractivity contribution in [2.24, 2.45) is 0 Å². The summed E-state index contributed by atoms with van der Waals surface area (Å²) in [5.74, 6) is 0.516. The molecule has 0 unspecified atom stereocenters. The zero-order valence-corrected chi connectivity index (χ0v) is 13.0. The molecular formula is C18H18N2OS. The third-order valence-corrected chi connectivity index (χ3v) is 4.54. The number of H-pyrrole nitrogens is 1. The van der Waals surface area contributed by atoms with E-state index in [1.807, 2.05) is 42.6 Å². The number of nitrogens with one attached hydrogen (secondary N) is 2. The smallest absolute Gasteiger partial charge is 0.230 e. The van der Waals surface area contributed by atoms with Crippen molar-refractivity contribution < 1.29 is 4.79 Å². The van der Waals surface area contributed by atoms with Gasteiger partial charge in [-0.2, -0.15) is 0 Å². The SMILES string of the molecule is O=C(CSc1c[nH]c2ccccc12)NCCc1ccccc1. The number of carbonyl (C=O) groups excluding carboxylic acids is 1. The van der Waals surface area contributed by atoms with Gasteiger partial charge >= 0.3 is 0 Å². The molecule has 3 rings (SSSR count). The highest BCUT2D eigenvalue weighted by molar-refractivity contribution is 8.00. The second kappa shape index (κ2) is 7.18. The number of rotatable bonds is 6. The lowest BCUT2D eigenvalue weighted by Crippen LogP contribution is -2.27. The molecule has 1 aromatic heterocycles. The summed E-state index contributed by atoms with van der Waals surface area (Å²) in [4.78, 5) is 16.3. The maximum Gasteiger partial charge on any atom is 0.230 e. The van der Waals surface area contributed by atoms with Crippen LogP contribution in [0.5, 0.6) is 0 Å². The lowest BCUT2D eigenvalue weighted by atomic mass is 10.1. The Bertz CT molecular complexity index is 752. The van der Waals surface area contributed by atoms with Crippen molar-refractivity contribution in [2.45, 2.75) is 11.3 Å². The first-order chi connectivity index (χ1) is 10.8. The molecule has 0 aliphatic carbocycles. The first-order valence-electron chi connectivity index (χ1n) is 7.32. The monoisotopic (exact) mass is 310 g/mol. The van der Waals surface area contributed by atoms with Gasteiger partial charge in [-0.25, -0.2) is 0 Å². The third-order valence-electron chi connectivity index (χ3n) is 3.49. The van der Waals surface area contributed by atoms with Gasteiger partial charge in [0, 0.05) is 28.5 Å². The van der Waals surface area contributed by atoms with Crippen LogP contribution in [0, 0.1) is 0 Å². The molecule has 0 atom stereocenters. The maximum absolute atomic E-state index is 11.9. The van der Waals surface area contributed by atoms with E-state index < -0.39 is 0 Å². The molecule has 0 fully saturated rings. The van der Waals surface area contributed by atoms with Crippen molar-refractivity contribution >= 4 is 28.6 Å². The Morgan fingerprint density at radius 1 is 1.05 bits per heavy atom. The van der Waals surface area contributed by atoms with Gasteiger partial charge in [-0.15, -0.1) is 11.8 Å². The molecule has 3 aromatic rings. The van der Waals surface area contributed by atoms with Crippen LogP contribution in [0.1, 0.15) is 5.56 Å². The highest BCUT2D eigenvalue weighted by atomic mass is 32.2. The fraction of sp³-hybridized carbons (Fsp3) is 0.167. The van der Waals surface area contributed by atoms with Crippen LogP contribution in [0.2, 0.25) is 0 Å². The molecule has 0 saturated carbocycles. The van der Waals surface area contributed by atoms with Crippen LogP contribution in [0.3, 0.4) is 0 Å². The number of aromatic nitrogens is 1. The maximum atomic E-state index is 11.9. The zero-order valence-electron chi connectivity index (χ0n) is 12.2. The number of thioether (sulfide) groups is 1. The van der Waals surface area contributed by atoms with Crippen molar-refractivity contribution in [3.05, 3.63) is 66.4 Å². The topological polar surface area (TPSA) is 44.9 Å². The van der Waals surface area contributed by atoms with Gasteiger partial charge in [0.15, 0.2) is 0 Å². The van der Waals surface area contributed by atoms with Crippen molar-refractivity contribution in [1.29, 1.82) is 0 Å². The molecule has 0 spiro atoms.